The van der Waals surface area contributed by atoms with Gasteiger partial charge in [0, 0.05) is 29.8 Å². The summed E-state index contributed by atoms with van der Waals surface area (Å²) in [5.41, 5.74) is 6.76. The number of aromatic nitrogens is 1. The highest BCUT2D eigenvalue weighted by Crippen LogP contribution is 2.35. The Hall–Kier alpha value is -3.26. The smallest absolute Gasteiger partial charge is 0.0794 e. The Labute approximate surface area is 159 Å². The van der Waals surface area contributed by atoms with Crippen molar-refractivity contribution in [3.63, 3.8) is 0 Å². The summed E-state index contributed by atoms with van der Waals surface area (Å²) in [6, 6.07) is 30.4. The molecule has 2 nitrogen and oxygen atoms in total. The molecule has 0 bridgehead atoms. The van der Waals surface area contributed by atoms with E-state index >= 15 is 0 Å². The van der Waals surface area contributed by atoms with Gasteiger partial charge < -0.3 is 9.88 Å². The van der Waals surface area contributed by atoms with Gasteiger partial charge in [-0.15, -0.1) is 0 Å². The van der Waals surface area contributed by atoms with Crippen molar-refractivity contribution >= 4 is 10.9 Å². The fourth-order valence-corrected chi connectivity index (χ4v) is 4.08. The number of benzene rings is 3. The van der Waals surface area contributed by atoms with Crippen LogP contribution in [0.3, 0.4) is 0 Å². The van der Waals surface area contributed by atoms with E-state index in [1.807, 2.05) is 0 Å². The third-order valence-corrected chi connectivity index (χ3v) is 5.39. The molecule has 0 saturated carbocycles. The van der Waals surface area contributed by atoms with E-state index in [9.17, 15) is 0 Å². The summed E-state index contributed by atoms with van der Waals surface area (Å²) in [5.74, 6) is 0. The highest BCUT2D eigenvalue weighted by atomic mass is 15.2. The molecule has 1 aliphatic heterocycles. The fourth-order valence-electron chi connectivity index (χ4n) is 4.08. The second-order valence-corrected chi connectivity index (χ2v) is 7.22. The minimum absolute atomic E-state index is 0.277. The molecule has 4 aromatic rings. The Bertz CT molecular complexity index is 1040. The standard InChI is InChI=1S/C25H22N2/c1-3-9-20(10-4-1)25(21-11-5-2-6-12-21)27-17-19(18-27)15-22-16-26-24-14-8-7-13-23(22)24/h1-14,16-17,25-26H,15,18H2. The van der Waals surface area contributed by atoms with Crippen molar-refractivity contribution in [1.29, 1.82) is 0 Å². The molecule has 1 N–H and O–H groups in total. The Kier molecular flexibility index (Phi) is 4.02. The number of aromatic amines is 1. The lowest BCUT2D eigenvalue weighted by Gasteiger charge is -2.39. The van der Waals surface area contributed by atoms with Crippen LogP contribution in [0.15, 0.2) is 103 Å². The number of fused-ring (bicyclic) bond motifs is 1. The van der Waals surface area contributed by atoms with Crippen LogP contribution in [-0.2, 0) is 6.42 Å². The van der Waals surface area contributed by atoms with E-state index in [0.29, 0.717) is 0 Å². The predicted molar refractivity (Wildman–Crippen MR) is 112 cm³/mol. The van der Waals surface area contributed by atoms with Gasteiger partial charge in [-0.05, 0) is 34.8 Å². The minimum Gasteiger partial charge on any atom is -0.362 e. The second-order valence-electron chi connectivity index (χ2n) is 7.22. The van der Waals surface area contributed by atoms with Gasteiger partial charge in [0.25, 0.3) is 0 Å². The molecule has 0 fully saturated rings. The van der Waals surface area contributed by atoms with E-state index in [2.05, 4.69) is 107 Å². The van der Waals surface area contributed by atoms with Gasteiger partial charge in [-0.3, -0.25) is 0 Å². The fraction of sp³-hybridized carbons (Fsp3) is 0.120. The lowest BCUT2D eigenvalue weighted by molar-refractivity contribution is 0.295. The third-order valence-electron chi connectivity index (χ3n) is 5.39. The van der Waals surface area contributed by atoms with Crippen molar-refractivity contribution in [2.45, 2.75) is 12.5 Å². The van der Waals surface area contributed by atoms with E-state index in [4.69, 9.17) is 0 Å². The number of hydrogen-bond acceptors (Lipinski definition) is 1. The van der Waals surface area contributed by atoms with Crippen molar-refractivity contribution in [2.24, 2.45) is 0 Å². The maximum absolute atomic E-state index is 3.39. The summed E-state index contributed by atoms with van der Waals surface area (Å²) in [6.45, 7) is 1.01. The van der Waals surface area contributed by atoms with E-state index in [1.165, 1.54) is 33.2 Å². The van der Waals surface area contributed by atoms with Crippen molar-refractivity contribution in [3.05, 3.63) is 120 Å². The molecule has 0 saturated heterocycles. The molecule has 1 aromatic heterocycles. The van der Waals surface area contributed by atoms with Gasteiger partial charge in [0.05, 0.1) is 6.04 Å². The number of nitrogens with one attached hydrogen (secondary N) is 1. The highest BCUT2D eigenvalue weighted by molar-refractivity contribution is 5.83. The molecule has 0 aliphatic carbocycles. The first-order valence-electron chi connectivity index (χ1n) is 9.49. The Balaban J connectivity index is 1.41. The zero-order valence-electron chi connectivity index (χ0n) is 15.2. The molecule has 0 unspecified atom stereocenters. The summed E-state index contributed by atoms with van der Waals surface area (Å²) in [5, 5.41) is 1.33. The predicted octanol–water partition coefficient (Wildman–Crippen LogP) is 5.70. The Morgan fingerprint density at radius 3 is 2.04 bits per heavy atom. The van der Waals surface area contributed by atoms with Crippen LogP contribution in [0.2, 0.25) is 0 Å². The van der Waals surface area contributed by atoms with Crippen LogP contribution in [0, 0.1) is 0 Å². The second kappa shape index (κ2) is 6.81. The molecule has 0 atom stereocenters. The Morgan fingerprint density at radius 1 is 0.778 bits per heavy atom. The number of para-hydroxylation sites is 1. The van der Waals surface area contributed by atoms with Crippen LogP contribution in [0.25, 0.3) is 10.9 Å². The summed E-state index contributed by atoms with van der Waals surface area (Å²) in [4.78, 5) is 5.84. The number of nitrogens with zero attached hydrogens (tertiary/aromatic N) is 1. The van der Waals surface area contributed by atoms with Crippen molar-refractivity contribution < 1.29 is 0 Å². The molecule has 0 spiro atoms. The molecular formula is C25H22N2. The monoisotopic (exact) mass is 350 g/mol. The maximum atomic E-state index is 3.39. The van der Waals surface area contributed by atoms with Crippen LogP contribution >= 0.6 is 0 Å². The van der Waals surface area contributed by atoms with Crippen LogP contribution in [0.5, 0.6) is 0 Å². The Morgan fingerprint density at radius 2 is 1.37 bits per heavy atom. The summed E-state index contributed by atoms with van der Waals surface area (Å²) < 4.78 is 0. The zero-order chi connectivity index (χ0) is 18.1. The third kappa shape index (κ3) is 3.04. The largest absolute Gasteiger partial charge is 0.362 e. The molecule has 0 amide bonds. The number of hydrogen-bond donors (Lipinski definition) is 1. The molecule has 3 aromatic carbocycles. The van der Waals surface area contributed by atoms with E-state index < -0.39 is 0 Å². The number of H-pyrrole nitrogens is 1. The average Bonchev–Trinajstić information content (AvgIpc) is 3.11. The SMILES string of the molecule is C1=C(Cc2c[nH]c3ccccc23)CN1C(c1ccccc1)c1ccccc1. The van der Waals surface area contributed by atoms with Gasteiger partial charge in [-0.25, -0.2) is 0 Å². The van der Waals surface area contributed by atoms with E-state index in [-0.39, 0.29) is 6.04 Å². The maximum Gasteiger partial charge on any atom is 0.0794 e. The van der Waals surface area contributed by atoms with Gasteiger partial charge in [0.15, 0.2) is 0 Å². The average molecular weight is 350 g/mol. The molecule has 132 valence electrons. The molecule has 5 rings (SSSR count). The van der Waals surface area contributed by atoms with Crippen molar-refractivity contribution in [1.82, 2.24) is 9.88 Å². The summed E-state index contributed by atoms with van der Waals surface area (Å²) >= 11 is 0. The normalized spacial score (nSPS) is 13.7. The lowest BCUT2D eigenvalue weighted by Crippen LogP contribution is -2.34. The van der Waals surface area contributed by atoms with Crippen LogP contribution in [0.4, 0.5) is 0 Å². The molecule has 0 radical (unpaired) electrons. The van der Waals surface area contributed by atoms with Crippen LogP contribution in [0.1, 0.15) is 22.7 Å². The molecule has 2 heterocycles. The van der Waals surface area contributed by atoms with E-state index in [1.54, 1.807) is 0 Å². The first-order chi connectivity index (χ1) is 13.4. The van der Waals surface area contributed by atoms with Gasteiger partial charge in [-0.2, -0.15) is 0 Å². The van der Waals surface area contributed by atoms with Crippen molar-refractivity contribution in [2.75, 3.05) is 6.54 Å². The highest BCUT2D eigenvalue weighted by Gasteiger charge is 2.26. The lowest BCUT2D eigenvalue weighted by atomic mass is 9.93. The first kappa shape index (κ1) is 16.0. The molecule has 1 aliphatic rings. The summed E-state index contributed by atoms with van der Waals surface area (Å²) in [7, 11) is 0. The molecular weight excluding hydrogens is 328 g/mol. The van der Waals surface area contributed by atoms with Gasteiger partial charge >= 0.3 is 0 Å². The minimum atomic E-state index is 0.277. The number of rotatable bonds is 5. The van der Waals surface area contributed by atoms with Gasteiger partial charge in [0.2, 0.25) is 0 Å². The molecule has 2 heteroatoms. The molecule has 27 heavy (non-hydrogen) atoms. The quantitative estimate of drug-likeness (QED) is 0.489. The van der Waals surface area contributed by atoms with Crippen LogP contribution in [-0.4, -0.2) is 16.4 Å². The van der Waals surface area contributed by atoms with Crippen molar-refractivity contribution in [3.8, 4) is 0 Å². The zero-order valence-corrected chi connectivity index (χ0v) is 15.2. The van der Waals surface area contributed by atoms with Crippen LogP contribution < -0.4 is 0 Å². The topological polar surface area (TPSA) is 19.0 Å². The van der Waals surface area contributed by atoms with Gasteiger partial charge in [-0.1, -0.05) is 78.9 Å². The first-order valence-corrected chi connectivity index (χ1v) is 9.49. The van der Waals surface area contributed by atoms with Gasteiger partial charge in [0.1, 0.15) is 0 Å². The van der Waals surface area contributed by atoms with E-state index in [0.717, 1.165) is 13.0 Å². The summed E-state index contributed by atoms with van der Waals surface area (Å²) in [6.07, 6.45) is 5.50.